The number of fused-ring (bicyclic) bond motifs is 1. The molecule has 4 aliphatic heterocycles. The number of hydrogen-bond donors (Lipinski definition) is 0. The van der Waals surface area contributed by atoms with Crippen LogP contribution in [0.4, 0.5) is 0 Å². The quantitative estimate of drug-likeness (QED) is 0.630. The third kappa shape index (κ3) is 1.28. The summed E-state index contributed by atoms with van der Waals surface area (Å²) in [5, 5.41) is 0. The zero-order valence-electron chi connectivity index (χ0n) is 15.5. The van der Waals surface area contributed by atoms with Crippen molar-refractivity contribution in [2.24, 2.45) is 34.0 Å². The van der Waals surface area contributed by atoms with E-state index in [2.05, 4.69) is 27.7 Å². The Balaban J connectivity index is 1.62. The van der Waals surface area contributed by atoms with Crippen molar-refractivity contribution in [1.82, 2.24) is 0 Å². The number of hydrogen-bond acceptors (Lipinski definition) is 5. The topological polar surface area (TPSA) is 54.0 Å². The summed E-state index contributed by atoms with van der Waals surface area (Å²) in [6, 6.07) is 0. The molecule has 5 nitrogen and oxygen atoms in total. The van der Waals surface area contributed by atoms with Crippen molar-refractivity contribution in [1.29, 1.82) is 0 Å². The highest BCUT2D eigenvalue weighted by molar-refractivity contribution is 5.87. The summed E-state index contributed by atoms with van der Waals surface area (Å²) in [5.74, 6) is 0.726. The molecule has 6 rings (SSSR count). The summed E-state index contributed by atoms with van der Waals surface area (Å²) in [5.41, 5.74) is -1.10. The fourth-order valence-electron chi connectivity index (χ4n) is 8.33. The first kappa shape index (κ1) is 15.4. The molecule has 2 spiro atoms. The van der Waals surface area contributed by atoms with Crippen molar-refractivity contribution in [2.45, 2.75) is 71.1 Å². The Kier molecular flexibility index (Phi) is 2.53. The first-order valence-corrected chi connectivity index (χ1v) is 9.91. The molecular formula is C20H28O5. The van der Waals surface area contributed by atoms with Crippen molar-refractivity contribution in [3.8, 4) is 0 Å². The minimum Gasteiger partial charge on any atom is -0.459 e. The highest BCUT2D eigenvalue weighted by Crippen LogP contribution is 2.83. The van der Waals surface area contributed by atoms with Crippen LogP contribution in [0.1, 0.15) is 47.0 Å². The maximum Gasteiger partial charge on any atom is 0.340 e. The molecule has 2 aliphatic carbocycles. The highest BCUT2D eigenvalue weighted by atomic mass is 16.7. The van der Waals surface area contributed by atoms with Crippen molar-refractivity contribution < 1.29 is 23.7 Å². The molecule has 6 fully saturated rings. The molecule has 0 bridgehead atoms. The fourth-order valence-corrected chi connectivity index (χ4v) is 8.33. The molecule has 25 heavy (non-hydrogen) atoms. The Bertz CT molecular complexity index is 669. The number of esters is 1. The molecule has 0 N–H and O–H groups in total. The lowest BCUT2D eigenvalue weighted by Crippen LogP contribution is -2.55. The van der Waals surface area contributed by atoms with Crippen LogP contribution in [0.2, 0.25) is 0 Å². The van der Waals surface area contributed by atoms with Crippen molar-refractivity contribution in [2.75, 3.05) is 13.2 Å². The molecule has 9 atom stereocenters. The van der Waals surface area contributed by atoms with Gasteiger partial charge in [-0.3, -0.25) is 0 Å². The summed E-state index contributed by atoms with van der Waals surface area (Å²) < 4.78 is 25.1. The maximum absolute atomic E-state index is 13.3. The van der Waals surface area contributed by atoms with Gasteiger partial charge in [0, 0.05) is 17.9 Å². The monoisotopic (exact) mass is 348 g/mol. The normalized spacial score (nSPS) is 61.2. The van der Waals surface area contributed by atoms with Gasteiger partial charge in [0.2, 0.25) is 0 Å². The van der Waals surface area contributed by atoms with Gasteiger partial charge in [-0.2, -0.15) is 0 Å². The second-order valence-electron chi connectivity index (χ2n) is 10.4. The van der Waals surface area contributed by atoms with E-state index in [0.29, 0.717) is 11.8 Å². The third-order valence-corrected chi connectivity index (χ3v) is 8.79. The van der Waals surface area contributed by atoms with Crippen molar-refractivity contribution in [3.05, 3.63) is 0 Å². The van der Waals surface area contributed by atoms with Gasteiger partial charge in [-0.1, -0.05) is 27.7 Å². The van der Waals surface area contributed by atoms with Gasteiger partial charge in [0.15, 0.2) is 11.9 Å². The molecule has 0 aromatic carbocycles. The lowest BCUT2D eigenvalue weighted by Gasteiger charge is -2.46. The van der Waals surface area contributed by atoms with E-state index in [4.69, 9.17) is 18.9 Å². The van der Waals surface area contributed by atoms with Crippen molar-refractivity contribution >= 4 is 5.97 Å². The number of carbonyl (C=O) groups excluding carboxylic acids is 1. The third-order valence-electron chi connectivity index (χ3n) is 8.79. The number of ether oxygens (including phenoxy) is 4. The first-order chi connectivity index (χ1) is 11.8. The SMILES string of the molecule is C[C@@H]1COC2CC34C5C[C@@H](C(C)(C)C)C36CCOC6OC4(C(=O)O5)C21. The highest BCUT2D eigenvalue weighted by Gasteiger charge is 2.94. The van der Waals surface area contributed by atoms with Gasteiger partial charge in [-0.05, 0) is 36.5 Å². The van der Waals surface area contributed by atoms with Gasteiger partial charge in [-0.15, -0.1) is 0 Å². The Hall–Kier alpha value is -0.650. The number of rotatable bonds is 0. The van der Waals surface area contributed by atoms with Gasteiger partial charge in [0.05, 0.1) is 18.1 Å². The standard InChI is InChI=1S/C20H28O5/c1-10-9-23-11-8-19-13-7-12(17(2,3)4)18(19)5-6-22-16(18)25-20(19,14(10)11)15(21)24-13/h10-14,16H,5-9H2,1-4H3/t10-,11?,12+,13?,14?,16?,18?,19?,20?/m1/s1. The van der Waals surface area contributed by atoms with E-state index in [1.165, 1.54) is 0 Å². The minimum atomic E-state index is -0.844. The summed E-state index contributed by atoms with van der Waals surface area (Å²) in [6.07, 6.45) is 2.63. The molecule has 4 saturated heterocycles. The summed E-state index contributed by atoms with van der Waals surface area (Å²) in [7, 11) is 0. The van der Waals surface area contributed by atoms with Gasteiger partial charge in [0.25, 0.3) is 0 Å². The average Bonchev–Trinajstić information content (AvgIpc) is 3.25. The molecular weight excluding hydrogens is 320 g/mol. The van der Waals surface area contributed by atoms with Crippen LogP contribution < -0.4 is 0 Å². The lowest BCUT2D eigenvalue weighted by atomic mass is 9.53. The van der Waals surface area contributed by atoms with Crippen molar-refractivity contribution in [3.63, 3.8) is 0 Å². The van der Waals surface area contributed by atoms with E-state index >= 15 is 0 Å². The summed E-state index contributed by atoms with van der Waals surface area (Å²) in [4.78, 5) is 13.3. The van der Waals surface area contributed by atoms with E-state index < -0.39 is 5.60 Å². The minimum absolute atomic E-state index is 0.0441. The Morgan fingerprint density at radius 2 is 2.00 bits per heavy atom. The lowest BCUT2D eigenvalue weighted by molar-refractivity contribution is -0.204. The molecule has 5 heteroatoms. The molecule has 2 saturated carbocycles. The second-order valence-corrected chi connectivity index (χ2v) is 10.4. The Morgan fingerprint density at radius 3 is 2.76 bits per heavy atom. The Morgan fingerprint density at radius 1 is 1.20 bits per heavy atom. The van der Waals surface area contributed by atoms with Crippen LogP contribution in [0.3, 0.4) is 0 Å². The smallest absolute Gasteiger partial charge is 0.340 e. The van der Waals surface area contributed by atoms with Gasteiger partial charge in [0.1, 0.15) is 6.10 Å². The van der Waals surface area contributed by atoms with Crippen LogP contribution in [0.15, 0.2) is 0 Å². The maximum atomic E-state index is 13.3. The summed E-state index contributed by atoms with van der Waals surface area (Å²) in [6.45, 7) is 10.6. The molecule has 0 aromatic rings. The van der Waals surface area contributed by atoms with Crippen LogP contribution in [-0.4, -0.2) is 43.3 Å². The molecule has 4 heterocycles. The molecule has 0 amide bonds. The largest absolute Gasteiger partial charge is 0.459 e. The van der Waals surface area contributed by atoms with Crippen LogP contribution in [0, 0.1) is 34.0 Å². The van der Waals surface area contributed by atoms with E-state index in [1.807, 2.05) is 0 Å². The predicted octanol–water partition coefficient (Wildman–Crippen LogP) is 2.52. The van der Waals surface area contributed by atoms with Crippen LogP contribution >= 0.6 is 0 Å². The van der Waals surface area contributed by atoms with E-state index in [9.17, 15) is 4.79 Å². The molecule has 7 unspecified atom stereocenters. The van der Waals surface area contributed by atoms with Gasteiger partial charge >= 0.3 is 5.97 Å². The predicted molar refractivity (Wildman–Crippen MR) is 87.5 cm³/mol. The summed E-state index contributed by atoms with van der Waals surface area (Å²) >= 11 is 0. The van der Waals surface area contributed by atoms with Crippen LogP contribution in [-0.2, 0) is 23.7 Å². The second kappa shape index (κ2) is 4.10. The fraction of sp³-hybridized carbons (Fsp3) is 0.950. The molecule has 138 valence electrons. The van der Waals surface area contributed by atoms with Crippen LogP contribution in [0.5, 0.6) is 0 Å². The zero-order chi connectivity index (χ0) is 17.4. The van der Waals surface area contributed by atoms with Crippen LogP contribution in [0.25, 0.3) is 0 Å². The van der Waals surface area contributed by atoms with E-state index in [0.717, 1.165) is 32.5 Å². The Labute approximate surface area is 148 Å². The molecule has 0 aromatic heterocycles. The first-order valence-electron chi connectivity index (χ1n) is 9.91. The van der Waals surface area contributed by atoms with E-state index in [-0.39, 0.29) is 46.6 Å². The number of carbonyl (C=O) groups is 1. The zero-order valence-corrected chi connectivity index (χ0v) is 15.5. The average molecular weight is 348 g/mol. The molecule has 0 radical (unpaired) electrons. The van der Waals surface area contributed by atoms with Gasteiger partial charge < -0.3 is 18.9 Å². The van der Waals surface area contributed by atoms with Gasteiger partial charge in [-0.25, -0.2) is 4.79 Å². The molecule has 6 aliphatic rings. The van der Waals surface area contributed by atoms with E-state index in [1.54, 1.807) is 0 Å².